The van der Waals surface area contributed by atoms with Gasteiger partial charge in [0.2, 0.25) is 0 Å². The van der Waals surface area contributed by atoms with Crippen LogP contribution in [0.1, 0.15) is 23.1 Å². The Balaban J connectivity index is 1.71. The SMILES string of the molecule is NCc1ccc(F)c(C2=CCN(Cc3ccccc3)CC2)c1. The predicted molar refractivity (Wildman–Crippen MR) is 88.6 cm³/mol. The zero-order valence-electron chi connectivity index (χ0n) is 12.6. The number of halogens is 1. The van der Waals surface area contributed by atoms with Crippen molar-refractivity contribution in [3.8, 4) is 0 Å². The summed E-state index contributed by atoms with van der Waals surface area (Å²) in [5.41, 5.74) is 9.75. The molecule has 2 aromatic carbocycles. The van der Waals surface area contributed by atoms with Gasteiger partial charge in [-0.15, -0.1) is 0 Å². The van der Waals surface area contributed by atoms with Gasteiger partial charge >= 0.3 is 0 Å². The van der Waals surface area contributed by atoms with Gasteiger partial charge in [-0.3, -0.25) is 4.90 Å². The van der Waals surface area contributed by atoms with Crippen molar-refractivity contribution < 1.29 is 4.39 Å². The van der Waals surface area contributed by atoms with Crippen LogP contribution in [-0.2, 0) is 13.1 Å². The van der Waals surface area contributed by atoms with Gasteiger partial charge in [0.1, 0.15) is 5.82 Å². The van der Waals surface area contributed by atoms with Crippen molar-refractivity contribution in [1.29, 1.82) is 0 Å². The van der Waals surface area contributed by atoms with E-state index in [9.17, 15) is 4.39 Å². The average molecular weight is 296 g/mol. The van der Waals surface area contributed by atoms with E-state index in [4.69, 9.17) is 5.73 Å². The molecule has 114 valence electrons. The second kappa shape index (κ2) is 6.86. The van der Waals surface area contributed by atoms with Crippen molar-refractivity contribution >= 4 is 5.57 Å². The Morgan fingerprint density at radius 3 is 2.55 bits per heavy atom. The molecule has 0 saturated heterocycles. The topological polar surface area (TPSA) is 29.3 Å². The van der Waals surface area contributed by atoms with Crippen molar-refractivity contribution in [1.82, 2.24) is 4.90 Å². The van der Waals surface area contributed by atoms with Gasteiger partial charge in [0, 0.05) is 31.7 Å². The third kappa shape index (κ3) is 3.43. The number of nitrogens with zero attached hydrogens (tertiary/aromatic N) is 1. The van der Waals surface area contributed by atoms with Crippen molar-refractivity contribution in [3.05, 3.63) is 77.1 Å². The first-order valence-corrected chi connectivity index (χ1v) is 7.70. The summed E-state index contributed by atoms with van der Waals surface area (Å²) >= 11 is 0. The molecule has 0 atom stereocenters. The van der Waals surface area contributed by atoms with E-state index in [0.29, 0.717) is 12.1 Å². The quantitative estimate of drug-likeness (QED) is 0.934. The third-order valence-electron chi connectivity index (χ3n) is 4.15. The summed E-state index contributed by atoms with van der Waals surface area (Å²) in [6.45, 7) is 3.19. The van der Waals surface area contributed by atoms with Crippen LogP contribution in [0, 0.1) is 5.82 Å². The maximum absolute atomic E-state index is 14.0. The number of hydrogen-bond donors (Lipinski definition) is 1. The molecule has 0 radical (unpaired) electrons. The fraction of sp³-hybridized carbons (Fsp3) is 0.263. The molecule has 3 rings (SSSR count). The molecule has 0 amide bonds. The van der Waals surface area contributed by atoms with E-state index >= 15 is 0 Å². The fourth-order valence-corrected chi connectivity index (χ4v) is 2.89. The molecule has 1 aliphatic rings. The minimum atomic E-state index is -0.153. The second-order valence-corrected chi connectivity index (χ2v) is 5.72. The Kier molecular flexibility index (Phi) is 4.66. The lowest BCUT2D eigenvalue weighted by molar-refractivity contribution is 0.293. The highest BCUT2D eigenvalue weighted by Crippen LogP contribution is 2.26. The normalized spacial score (nSPS) is 15.6. The minimum absolute atomic E-state index is 0.153. The number of nitrogens with two attached hydrogens (primary N) is 1. The summed E-state index contributed by atoms with van der Waals surface area (Å²) in [4.78, 5) is 2.38. The minimum Gasteiger partial charge on any atom is -0.326 e. The van der Waals surface area contributed by atoms with Gasteiger partial charge in [0.05, 0.1) is 0 Å². The Bertz CT molecular complexity index is 664. The average Bonchev–Trinajstić information content (AvgIpc) is 2.57. The highest BCUT2D eigenvalue weighted by Gasteiger charge is 2.16. The van der Waals surface area contributed by atoms with Crippen molar-refractivity contribution in [2.75, 3.05) is 13.1 Å². The molecule has 0 saturated carbocycles. The van der Waals surface area contributed by atoms with E-state index in [0.717, 1.165) is 37.2 Å². The Morgan fingerprint density at radius 1 is 1.05 bits per heavy atom. The summed E-state index contributed by atoms with van der Waals surface area (Å²) in [5, 5.41) is 0. The molecule has 2 nitrogen and oxygen atoms in total. The van der Waals surface area contributed by atoms with Gasteiger partial charge in [-0.05, 0) is 35.3 Å². The lowest BCUT2D eigenvalue weighted by Crippen LogP contribution is -2.28. The number of hydrogen-bond acceptors (Lipinski definition) is 2. The van der Waals surface area contributed by atoms with E-state index in [1.807, 2.05) is 12.1 Å². The first kappa shape index (κ1) is 14.9. The highest BCUT2D eigenvalue weighted by molar-refractivity contribution is 5.67. The van der Waals surface area contributed by atoms with Crippen molar-refractivity contribution in [3.63, 3.8) is 0 Å². The molecule has 1 heterocycles. The summed E-state index contributed by atoms with van der Waals surface area (Å²) in [6.07, 6.45) is 3.02. The molecule has 0 aliphatic carbocycles. The fourth-order valence-electron chi connectivity index (χ4n) is 2.89. The summed E-state index contributed by atoms with van der Waals surface area (Å²) in [6, 6.07) is 15.6. The summed E-state index contributed by atoms with van der Waals surface area (Å²) in [7, 11) is 0. The maximum atomic E-state index is 14.0. The Morgan fingerprint density at radius 2 is 1.86 bits per heavy atom. The van der Waals surface area contributed by atoms with E-state index in [1.54, 1.807) is 6.07 Å². The molecule has 3 heteroatoms. The zero-order chi connectivity index (χ0) is 15.4. The molecular formula is C19H21FN2. The van der Waals surface area contributed by atoms with Crippen molar-refractivity contribution in [2.24, 2.45) is 5.73 Å². The predicted octanol–water partition coefficient (Wildman–Crippen LogP) is 3.57. The molecular weight excluding hydrogens is 275 g/mol. The largest absolute Gasteiger partial charge is 0.326 e. The number of benzene rings is 2. The van der Waals surface area contributed by atoms with Gasteiger partial charge < -0.3 is 5.73 Å². The standard InChI is InChI=1S/C19H21FN2/c20-19-7-6-16(13-21)12-18(19)17-8-10-22(11-9-17)14-15-4-2-1-3-5-15/h1-8,12H,9-11,13-14,21H2. The van der Waals surface area contributed by atoms with Crippen LogP contribution in [0.3, 0.4) is 0 Å². The maximum Gasteiger partial charge on any atom is 0.130 e. The molecule has 0 aromatic heterocycles. The smallest absolute Gasteiger partial charge is 0.130 e. The van der Waals surface area contributed by atoms with E-state index in [-0.39, 0.29) is 5.82 Å². The number of rotatable bonds is 4. The lowest BCUT2D eigenvalue weighted by Gasteiger charge is -2.26. The van der Waals surface area contributed by atoms with Gasteiger partial charge in [-0.25, -0.2) is 4.39 Å². The van der Waals surface area contributed by atoms with Crippen LogP contribution in [0.15, 0.2) is 54.6 Å². The molecule has 0 spiro atoms. The van der Waals surface area contributed by atoms with Crippen molar-refractivity contribution in [2.45, 2.75) is 19.5 Å². The monoisotopic (exact) mass is 296 g/mol. The van der Waals surface area contributed by atoms with Gasteiger partial charge in [0.15, 0.2) is 0 Å². The van der Waals surface area contributed by atoms with Gasteiger partial charge in [-0.1, -0.05) is 42.5 Å². The summed E-state index contributed by atoms with van der Waals surface area (Å²) in [5.74, 6) is -0.153. The molecule has 0 unspecified atom stereocenters. The highest BCUT2D eigenvalue weighted by atomic mass is 19.1. The zero-order valence-corrected chi connectivity index (χ0v) is 12.6. The van der Waals surface area contributed by atoms with Crippen LogP contribution >= 0.6 is 0 Å². The molecule has 2 N–H and O–H groups in total. The van der Waals surface area contributed by atoms with Crippen LogP contribution in [0.2, 0.25) is 0 Å². The summed E-state index contributed by atoms with van der Waals surface area (Å²) < 4.78 is 14.0. The lowest BCUT2D eigenvalue weighted by atomic mass is 9.97. The van der Waals surface area contributed by atoms with Crippen LogP contribution in [0.4, 0.5) is 4.39 Å². The van der Waals surface area contributed by atoms with Gasteiger partial charge in [-0.2, -0.15) is 0 Å². The van der Waals surface area contributed by atoms with E-state index < -0.39 is 0 Å². The molecule has 2 aromatic rings. The Labute approximate surface area is 131 Å². The molecule has 22 heavy (non-hydrogen) atoms. The molecule has 0 bridgehead atoms. The van der Waals surface area contributed by atoms with Crippen LogP contribution in [0.25, 0.3) is 5.57 Å². The first-order valence-electron chi connectivity index (χ1n) is 7.70. The molecule has 0 fully saturated rings. The van der Waals surface area contributed by atoms with Crippen LogP contribution < -0.4 is 5.73 Å². The second-order valence-electron chi connectivity index (χ2n) is 5.72. The molecule has 1 aliphatic heterocycles. The van der Waals surface area contributed by atoms with Gasteiger partial charge in [0.25, 0.3) is 0 Å². The van der Waals surface area contributed by atoms with E-state index in [2.05, 4.69) is 35.2 Å². The van der Waals surface area contributed by atoms with E-state index in [1.165, 1.54) is 11.6 Å². The Hall–Kier alpha value is -1.97. The third-order valence-corrected chi connectivity index (χ3v) is 4.15. The van der Waals surface area contributed by atoms with Crippen LogP contribution in [-0.4, -0.2) is 18.0 Å². The first-order chi connectivity index (χ1) is 10.8. The van der Waals surface area contributed by atoms with Crippen LogP contribution in [0.5, 0.6) is 0 Å².